The number of hydrogen-bond donors (Lipinski definition) is 1. The number of carbonyl (C=O) groups is 2. The first-order valence-corrected chi connectivity index (χ1v) is 14.4. The van der Waals surface area contributed by atoms with Gasteiger partial charge in [0, 0.05) is 25.4 Å². The van der Waals surface area contributed by atoms with Crippen molar-refractivity contribution in [2.24, 2.45) is 0 Å². The van der Waals surface area contributed by atoms with Gasteiger partial charge < -0.3 is 19.7 Å². The summed E-state index contributed by atoms with van der Waals surface area (Å²) in [6.45, 7) is 11.4. The number of amides is 2. The lowest BCUT2D eigenvalue weighted by atomic mass is 10.0. The Balaban J connectivity index is 1.90. The average Bonchev–Trinajstić information content (AvgIpc) is 2.96. The number of carbonyl (C=O) groups excluding carboxylic acids is 2. The highest BCUT2D eigenvalue weighted by atomic mass is 16.5. The molecule has 6 heteroatoms. The molecule has 0 radical (unpaired) electrons. The first kappa shape index (κ1) is 30.7. The van der Waals surface area contributed by atoms with E-state index in [2.05, 4.69) is 5.32 Å². The van der Waals surface area contributed by atoms with Crippen molar-refractivity contribution in [1.82, 2.24) is 10.2 Å². The Kier molecular flexibility index (Phi) is 12.1. The Morgan fingerprint density at radius 1 is 0.825 bits per heavy atom. The topological polar surface area (TPSA) is 67.9 Å². The second-order valence-electron chi connectivity index (χ2n) is 10.2. The summed E-state index contributed by atoms with van der Waals surface area (Å²) in [6.07, 6.45) is 2.06. The molecule has 0 saturated carbocycles. The molecule has 2 amide bonds. The van der Waals surface area contributed by atoms with Gasteiger partial charge in [0.1, 0.15) is 6.04 Å². The first-order chi connectivity index (χ1) is 19.3. The molecule has 0 aromatic heterocycles. The smallest absolute Gasteiger partial charge is 0.243 e. The maximum absolute atomic E-state index is 13.9. The van der Waals surface area contributed by atoms with Crippen LogP contribution >= 0.6 is 0 Å². The normalized spacial score (nSPS) is 12.3. The molecule has 0 aliphatic rings. The molecule has 1 N–H and O–H groups in total. The monoisotopic (exact) mass is 544 g/mol. The first-order valence-electron chi connectivity index (χ1n) is 14.4. The standard InChI is InChI=1S/C34H44N2O4/c1-6-26(5)35-34(38)30(22-27-12-10-9-11-13-27)36(24-29-16-14-25(4)15-17-29)33(37)21-19-28-18-20-31(39-7-2)32(23-28)40-8-3/h9-18,20,23,26,30H,6-8,19,21-22,24H2,1-5H3,(H,35,38)/t26-,30-/m0/s1. The molecule has 3 aromatic carbocycles. The molecule has 0 spiro atoms. The van der Waals surface area contributed by atoms with Crippen molar-refractivity contribution in [3.63, 3.8) is 0 Å². The molecule has 0 fully saturated rings. The highest BCUT2D eigenvalue weighted by Gasteiger charge is 2.30. The van der Waals surface area contributed by atoms with Gasteiger partial charge in [-0.05, 0) is 69.4 Å². The summed E-state index contributed by atoms with van der Waals surface area (Å²) in [5, 5.41) is 3.13. The molecule has 6 nitrogen and oxygen atoms in total. The van der Waals surface area contributed by atoms with E-state index in [0.29, 0.717) is 44.1 Å². The lowest BCUT2D eigenvalue weighted by Crippen LogP contribution is -2.52. The fourth-order valence-electron chi connectivity index (χ4n) is 4.53. The van der Waals surface area contributed by atoms with Crippen LogP contribution < -0.4 is 14.8 Å². The van der Waals surface area contributed by atoms with Gasteiger partial charge in [-0.25, -0.2) is 0 Å². The molecule has 0 unspecified atom stereocenters. The number of nitrogens with one attached hydrogen (secondary N) is 1. The third kappa shape index (κ3) is 9.15. The average molecular weight is 545 g/mol. The third-order valence-electron chi connectivity index (χ3n) is 6.98. The summed E-state index contributed by atoms with van der Waals surface area (Å²) in [5.74, 6) is 1.19. The minimum atomic E-state index is -0.635. The summed E-state index contributed by atoms with van der Waals surface area (Å²) in [6, 6.07) is 23.2. The molecule has 2 atom stereocenters. The van der Waals surface area contributed by atoms with E-state index in [0.717, 1.165) is 28.7 Å². The number of aryl methyl sites for hydroxylation is 2. The van der Waals surface area contributed by atoms with E-state index in [9.17, 15) is 9.59 Å². The Hall–Kier alpha value is -3.80. The van der Waals surface area contributed by atoms with Crippen LogP contribution in [0.25, 0.3) is 0 Å². The van der Waals surface area contributed by atoms with E-state index in [1.165, 1.54) is 0 Å². The van der Waals surface area contributed by atoms with E-state index >= 15 is 0 Å². The molecule has 0 aliphatic carbocycles. The third-order valence-corrected chi connectivity index (χ3v) is 6.98. The quantitative estimate of drug-likeness (QED) is 0.245. The molecular weight excluding hydrogens is 500 g/mol. The van der Waals surface area contributed by atoms with Crippen molar-refractivity contribution < 1.29 is 19.1 Å². The largest absolute Gasteiger partial charge is 0.490 e. The predicted octanol–water partition coefficient (Wildman–Crippen LogP) is 6.28. The van der Waals surface area contributed by atoms with Gasteiger partial charge >= 0.3 is 0 Å². The van der Waals surface area contributed by atoms with Crippen molar-refractivity contribution in [2.75, 3.05) is 13.2 Å². The Morgan fingerprint density at radius 3 is 2.12 bits per heavy atom. The van der Waals surface area contributed by atoms with Crippen LogP contribution in [0.3, 0.4) is 0 Å². The van der Waals surface area contributed by atoms with E-state index in [1.807, 2.05) is 107 Å². The van der Waals surface area contributed by atoms with Crippen LogP contribution in [0.15, 0.2) is 72.8 Å². The van der Waals surface area contributed by atoms with Crippen LogP contribution in [0.4, 0.5) is 0 Å². The van der Waals surface area contributed by atoms with Crippen LogP contribution in [0.2, 0.25) is 0 Å². The highest BCUT2D eigenvalue weighted by Crippen LogP contribution is 2.29. The van der Waals surface area contributed by atoms with Crippen molar-refractivity contribution in [3.8, 4) is 11.5 Å². The second kappa shape index (κ2) is 15.7. The van der Waals surface area contributed by atoms with Crippen LogP contribution in [0.1, 0.15) is 62.8 Å². The van der Waals surface area contributed by atoms with Gasteiger partial charge in [-0.1, -0.05) is 73.2 Å². The predicted molar refractivity (Wildman–Crippen MR) is 161 cm³/mol. The molecule has 40 heavy (non-hydrogen) atoms. The van der Waals surface area contributed by atoms with Crippen LogP contribution in [-0.4, -0.2) is 42.0 Å². The zero-order chi connectivity index (χ0) is 28.9. The van der Waals surface area contributed by atoms with E-state index < -0.39 is 6.04 Å². The number of ether oxygens (including phenoxy) is 2. The summed E-state index contributed by atoms with van der Waals surface area (Å²) < 4.78 is 11.5. The number of rotatable bonds is 15. The van der Waals surface area contributed by atoms with E-state index in [4.69, 9.17) is 9.47 Å². The molecule has 0 bridgehead atoms. The Labute approximate surface area is 239 Å². The zero-order valence-corrected chi connectivity index (χ0v) is 24.6. The van der Waals surface area contributed by atoms with Gasteiger partial charge in [0.15, 0.2) is 11.5 Å². The van der Waals surface area contributed by atoms with Gasteiger partial charge in [-0.2, -0.15) is 0 Å². The molecule has 3 aromatic rings. The Bertz CT molecular complexity index is 1210. The van der Waals surface area contributed by atoms with Crippen LogP contribution in [0.5, 0.6) is 11.5 Å². The van der Waals surface area contributed by atoms with Gasteiger partial charge in [0.2, 0.25) is 11.8 Å². The van der Waals surface area contributed by atoms with Crippen LogP contribution in [-0.2, 0) is 29.0 Å². The number of nitrogens with zero attached hydrogens (tertiary/aromatic N) is 1. The van der Waals surface area contributed by atoms with Gasteiger partial charge in [0.25, 0.3) is 0 Å². The lowest BCUT2D eigenvalue weighted by Gasteiger charge is -2.32. The Morgan fingerprint density at radius 2 is 1.48 bits per heavy atom. The number of benzene rings is 3. The maximum atomic E-state index is 13.9. The summed E-state index contributed by atoms with van der Waals surface area (Å²) in [5.41, 5.74) is 4.14. The molecule has 0 heterocycles. The van der Waals surface area contributed by atoms with E-state index in [1.54, 1.807) is 4.90 Å². The lowest BCUT2D eigenvalue weighted by molar-refractivity contribution is -0.141. The minimum Gasteiger partial charge on any atom is -0.490 e. The highest BCUT2D eigenvalue weighted by molar-refractivity contribution is 5.88. The summed E-state index contributed by atoms with van der Waals surface area (Å²) in [7, 11) is 0. The number of hydrogen-bond acceptors (Lipinski definition) is 4. The van der Waals surface area contributed by atoms with Crippen LogP contribution in [0, 0.1) is 6.92 Å². The fraction of sp³-hybridized carbons (Fsp3) is 0.412. The fourth-order valence-corrected chi connectivity index (χ4v) is 4.53. The van der Waals surface area contributed by atoms with Gasteiger partial charge in [-0.15, -0.1) is 0 Å². The van der Waals surface area contributed by atoms with Crippen molar-refractivity contribution >= 4 is 11.8 Å². The SMILES string of the molecule is CCOc1ccc(CCC(=O)N(Cc2ccc(C)cc2)[C@@H](Cc2ccccc2)C(=O)N[C@@H](C)CC)cc1OCC. The molecular formula is C34H44N2O4. The summed E-state index contributed by atoms with van der Waals surface area (Å²) in [4.78, 5) is 29.4. The van der Waals surface area contributed by atoms with Crippen molar-refractivity contribution in [1.29, 1.82) is 0 Å². The second-order valence-corrected chi connectivity index (χ2v) is 10.2. The van der Waals surface area contributed by atoms with Gasteiger partial charge in [-0.3, -0.25) is 9.59 Å². The van der Waals surface area contributed by atoms with Crippen molar-refractivity contribution in [3.05, 3.63) is 95.1 Å². The van der Waals surface area contributed by atoms with E-state index in [-0.39, 0.29) is 24.3 Å². The molecule has 3 rings (SSSR count). The zero-order valence-electron chi connectivity index (χ0n) is 24.6. The molecule has 0 aliphatic heterocycles. The maximum Gasteiger partial charge on any atom is 0.243 e. The molecule has 214 valence electrons. The minimum absolute atomic E-state index is 0.0166. The van der Waals surface area contributed by atoms with Crippen molar-refractivity contribution in [2.45, 2.75) is 78.9 Å². The van der Waals surface area contributed by atoms with Gasteiger partial charge in [0.05, 0.1) is 13.2 Å². The summed E-state index contributed by atoms with van der Waals surface area (Å²) >= 11 is 0. The molecule has 0 saturated heterocycles.